The molecule has 3 aromatic heterocycles. The van der Waals surface area contributed by atoms with E-state index in [-0.39, 0.29) is 5.91 Å². The second kappa shape index (κ2) is 6.66. The standard InChI is InChI=1S/C18H22N6O/c1-2-8-24-11-5-14(22-24)18(25)23-9-3-13(4-10-23)15-12-16-17(21-15)20-7-6-19-16/h5-7,11-13H,2-4,8-10H2,1H3,(H,20,21). The molecule has 4 heterocycles. The highest BCUT2D eigenvalue weighted by Gasteiger charge is 2.26. The number of hydrogen-bond donors (Lipinski definition) is 1. The van der Waals surface area contributed by atoms with E-state index < -0.39 is 0 Å². The molecule has 0 saturated carbocycles. The lowest BCUT2D eigenvalue weighted by Crippen LogP contribution is -2.38. The molecule has 130 valence electrons. The summed E-state index contributed by atoms with van der Waals surface area (Å²) in [7, 11) is 0. The molecule has 0 atom stereocenters. The van der Waals surface area contributed by atoms with Crippen molar-refractivity contribution in [2.45, 2.75) is 38.6 Å². The van der Waals surface area contributed by atoms with Gasteiger partial charge in [0.1, 0.15) is 11.2 Å². The minimum atomic E-state index is 0.0354. The third-order valence-corrected chi connectivity index (χ3v) is 4.82. The number of H-pyrrole nitrogens is 1. The van der Waals surface area contributed by atoms with Crippen LogP contribution < -0.4 is 0 Å². The molecule has 1 aliphatic rings. The van der Waals surface area contributed by atoms with Crippen LogP contribution in [0.2, 0.25) is 0 Å². The number of amides is 1. The Bertz CT molecular complexity index is 841. The van der Waals surface area contributed by atoms with Gasteiger partial charge in [0, 0.05) is 49.8 Å². The first-order valence-electron chi connectivity index (χ1n) is 8.87. The summed E-state index contributed by atoms with van der Waals surface area (Å²) in [6.45, 7) is 4.45. The molecule has 7 nitrogen and oxygen atoms in total. The number of carbonyl (C=O) groups excluding carboxylic acids is 1. The minimum Gasteiger partial charge on any atom is -0.342 e. The number of nitrogens with zero attached hydrogens (tertiary/aromatic N) is 5. The van der Waals surface area contributed by atoms with Crippen molar-refractivity contribution >= 4 is 17.1 Å². The Morgan fingerprint density at radius 1 is 1.28 bits per heavy atom. The number of hydrogen-bond acceptors (Lipinski definition) is 4. The van der Waals surface area contributed by atoms with Crippen LogP contribution in [0.3, 0.4) is 0 Å². The summed E-state index contributed by atoms with van der Waals surface area (Å²) in [6, 6.07) is 3.90. The number of carbonyl (C=O) groups is 1. The lowest BCUT2D eigenvalue weighted by Gasteiger charge is -2.31. The maximum absolute atomic E-state index is 12.6. The van der Waals surface area contributed by atoms with Crippen molar-refractivity contribution in [3.8, 4) is 0 Å². The number of aromatic amines is 1. The van der Waals surface area contributed by atoms with Crippen molar-refractivity contribution in [1.82, 2.24) is 29.6 Å². The van der Waals surface area contributed by atoms with E-state index in [1.54, 1.807) is 12.4 Å². The molecule has 7 heteroatoms. The van der Waals surface area contributed by atoms with E-state index in [0.717, 1.165) is 50.1 Å². The fraction of sp³-hybridized carbons (Fsp3) is 0.444. The molecule has 0 bridgehead atoms. The summed E-state index contributed by atoms with van der Waals surface area (Å²) in [5, 5.41) is 4.38. The highest BCUT2D eigenvalue weighted by Crippen LogP contribution is 2.29. The van der Waals surface area contributed by atoms with E-state index in [4.69, 9.17) is 0 Å². The van der Waals surface area contributed by atoms with Crippen LogP contribution in [0.25, 0.3) is 11.2 Å². The lowest BCUT2D eigenvalue weighted by molar-refractivity contribution is 0.0705. The Morgan fingerprint density at radius 3 is 2.84 bits per heavy atom. The predicted molar refractivity (Wildman–Crippen MR) is 94.3 cm³/mol. The molecule has 0 spiro atoms. The van der Waals surface area contributed by atoms with Gasteiger partial charge < -0.3 is 9.88 Å². The van der Waals surface area contributed by atoms with Gasteiger partial charge in [-0.2, -0.15) is 5.10 Å². The van der Waals surface area contributed by atoms with Gasteiger partial charge in [0.15, 0.2) is 5.65 Å². The highest BCUT2D eigenvalue weighted by molar-refractivity contribution is 5.92. The maximum atomic E-state index is 12.6. The van der Waals surface area contributed by atoms with Crippen LogP contribution in [0.1, 0.15) is 48.3 Å². The van der Waals surface area contributed by atoms with Gasteiger partial charge in [-0.15, -0.1) is 0 Å². The van der Waals surface area contributed by atoms with Crippen LogP contribution >= 0.6 is 0 Å². The average molecular weight is 338 g/mol. The van der Waals surface area contributed by atoms with Crippen LogP contribution in [0.15, 0.2) is 30.7 Å². The summed E-state index contributed by atoms with van der Waals surface area (Å²) in [6.07, 6.45) is 8.17. The number of aryl methyl sites for hydroxylation is 1. The normalized spacial score (nSPS) is 15.8. The van der Waals surface area contributed by atoms with Crippen molar-refractivity contribution in [2.24, 2.45) is 0 Å². The van der Waals surface area contributed by atoms with Gasteiger partial charge in [-0.05, 0) is 31.4 Å². The van der Waals surface area contributed by atoms with Gasteiger partial charge in [-0.1, -0.05) is 6.92 Å². The molecule has 25 heavy (non-hydrogen) atoms. The minimum absolute atomic E-state index is 0.0354. The zero-order valence-electron chi connectivity index (χ0n) is 14.4. The fourth-order valence-electron chi connectivity index (χ4n) is 3.48. The second-order valence-corrected chi connectivity index (χ2v) is 6.55. The maximum Gasteiger partial charge on any atom is 0.274 e. The van der Waals surface area contributed by atoms with E-state index in [9.17, 15) is 4.79 Å². The van der Waals surface area contributed by atoms with Gasteiger partial charge in [-0.25, -0.2) is 4.98 Å². The molecule has 0 aliphatic carbocycles. The molecule has 1 fully saturated rings. The van der Waals surface area contributed by atoms with Crippen molar-refractivity contribution in [3.63, 3.8) is 0 Å². The first-order valence-corrected chi connectivity index (χ1v) is 8.87. The van der Waals surface area contributed by atoms with Crippen LogP contribution in [0.5, 0.6) is 0 Å². The van der Waals surface area contributed by atoms with E-state index >= 15 is 0 Å². The predicted octanol–water partition coefficient (Wildman–Crippen LogP) is 2.58. The lowest BCUT2D eigenvalue weighted by atomic mass is 9.93. The van der Waals surface area contributed by atoms with Crippen molar-refractivity contribution < 1.29 is 4.79 Å². The van der Waals surface area contributed by atoms with Gasteiger partial charge in [-0.3, -0.25) is 14.5 Å². The van der Waals surface area contributed by atoms with E-state index in [1.807, 2.05) is 21.8 Å². The largest absolute Gasteiger partial charge is 0.342 e. The summed E-state index contributed by atoms with van der Waals surface area (Å²) in [5.74, 6) is 0.450. The van der Waals surface area contributed by atoms with Gasteiger partial charge in [0.05, 0.1) is 0 Å². The molecule has 0 aromatic carbocycles. The molecule has 0 radical (unpaired) electrons. The molecule has 1 amide bonds. The first kappa shape index (κ1) is 15.8. The fourth-order valence-corrected chi connectivity index (χ4v) is 3.48. The number of likely N-dealkylation sites (tertiary alicyclic amines) is 1. The molecule has 3 aromatic rings. The van der Waals surface area contributed by atoms with Gasteiger partial charge in [0.2, 0.25) is 0 Å². The molecule has 1 N–H and O–H groups in total. The Labute approximate surface area is 146 Å². The zero-order chi connectivity index (χ0) is 17.2. The monoisotopic (exact) mass is 338 g/mol. The Morgan fingerprint density at radius 2 is 2.08 bits per heavy atom. The molecule has 4 rings (SSSR count). The van der Waals surface area contributed by atoms with Crippen molar-refractivity contribution in [2.75, 3.05) is 13.1 Å². The molecular weight excluding hydrogens is 316 g/mol. The summed E-state index contributed by atoms with van der Waals surface area (Å²) in [4.78, 5) is 26.5. The average Bonchev–Trinajstić information content (AvgIpc) is 3.28. The Balaban J connectivity index is 1.41. The topological polar surface area (TPSA) is 79.7 Å². The van der Waals surface area contributed by atoms with Crippen molar-refractivity contribution in [1.29, 1.82) is 0 Å². The summed E-state index contributed by atoms with van der Waals surface area (Å²) >= 11 is 0. The summed E-state index contributed by atoms with van der Waals surface area (Å²) < 4.78 is 1.84. The molecule has 1 saturated heterocycles. The third kappa shape index (κ3) is 3.14. The molecule has 1 aliphatic heterocycles. The Kier molecular flexibility index (Phi) is 4.21. The zero-order valence-corrected chi connectivity index (χ0v) is 14.4. The number of aromatic nitrogens is 5. The van der Waals surface area contributed by atoms with Crippen LogP contribution in [0.4, 0.5) is 0 Å². The smallest absolute Gasteiger partial charge is 0.274 e. The van der Waals surface area contributed by atoms with E-state index in [0.29, 0.717) is 11.6 Å². The number of piperidine rings is 1. The summed E-state index contributed by atoms with van der Waals surface area (Å²) in [5.41, 5.74) is 3.45. The first-order chi connectivity index (χ1) is 12.2. The van der Waals surface area contributed by atoms with Crippen molar-refractivity contribution in [3.05, 3.63) is 42.1 Å². The molecular formula is C18H22N6O. The van der Waals surface area contributed by atoms with Crippen LogP contribution in [0, 0.1) is 0 Å². The number of rotatable bonds is 4. The van der Waals surface area contributed by atoms with Gasteiger partial charge >= 0.3 is 0 Å². The van der Waals surface area contributed by atoms with E-state index in [2.05, 4.69) is 33.0 Å². The van der Waals surface area contributed by atoms with E-state index in [1.165, 1.54) is 5.69 Å². The number of fused-ring (bicyclic) bond motifs is 1. The van der Waals surface area contributed by atoms with Crippen LogP contribution in [-0.2, 0) is 6.54 Å². The third-order valence-electron chi connectivity index (χ3n) is 4.82. The highest BCUT2D eigenvalue weighted by atomic mass is 16.2. The van der Waals surface area contributed by atoms with Gasteiger partial charge in [0.25, 0.3) is 5.91 Å². The second-order valence-electron chi connectivity index (χ2n) is 6.55. The SMILES string of the molecule is CCCn1ccc(C(=O)N2CCC(c3cc4nccnc4[nH]3)CC2)n1. The van der Waals surface area contributed by atoms with Crippen LogP contribution in [-0.4, -0.2) is 48.6 Å². The number of nitrogens with one attached hydrogen (secondary N) is 1. The Hall–Kier alpha value is -2.70. The molecule has 0 unspecified atom stereocenters. The quantitative estimate of drug-likeness (QED) is 0.793.